The fourth-order valence-electron chi connectivity index (χ4n) is 2.70. The van der Waals surface area contributed by atoms with Gasteiger partial charge in [0, 0.05) is 35.9 Å². The van der Waals surface area contributed by atoms with E-state index in [-0.39, 0.29) is 6.04 Å². The molecule has 1 unspecified atom stereocenters. The minimum atomic E-state index is 0.199. The largest absolute Gasteiger partial charge is 0.508 e. The Morgan fingerprint density at radius 1 is 1.30 bits per heavy atom. The second kappa shape index (κ2) is 6.98. The Kier molecular flexibility index (Phi) is 5.30. The molecule has 1 saturated carbocycles. The van der Waals surface area contributed by atoms with E-state index in [9.17, 15) is 5.11 Å². The first-order valence-corrected chi connectivity index (χ1v) is 8.00. The van der Waals surface area contributed by atoms with E-state index in [4.69, 9.17) is 0 Å². The van der Waals surface area contributed by atoms with Crippen molar-refractivity contribution in [3.8, 4) is 5.75 Å². The molecule has 0 heterocycles. The molecule has 0 saturated heterocycles. The molecule has 1 atom stereocenters. The van der Waals surface area contributed by atoms with E-state index in [1.165, 1.54) is 18.5 Å². The standard InChI is InChI=1S/C17H28N2O/c1-4-10-18-13(3)16-9-8-15(12-17(16)20)19(11-5-2)14-6-7-14/h8-9,12-14,18,20H,4-7,10-11H2,1-3H3. The smallest absolute Gasteiger partial charge is 0.122 e. The number of aromatic hydroxyl groups is 1. The third-order valence-electron chi connectivity index (χ3n) is 3.96. The summed E-state index contributed by atoms with van der Waals surface area (Å²) in [5.41, 5.74) is 2.16. The Balaban J connectivity index is 2.11. The summed E-state index contributed by atoms with van der Waals surface area (Å²) < 4.78 is 0. The van der Waals surface area contributed by atoms with Crippen molar-refractivity contribution in [1.29, 1.82) is 0 Å². The van der Waals surface area contributed by atoms with Gasteiger partial charge in [0.1, 0.15) is 5.75 Å². The summed E-state index contributed by atoms with van der Waals surface area (Å²) in [6, 6.07) is 7.06. The summed E-state index contributed by atoms with van der Waals surface area (Å²) in [6.07, 6.45) is 4.83. The fraction of sp³-hybridized carbons (Fsp3) is 0.647. The number of rotatable bonds is 8. The van der Waals surface area contributed by atoms with Crippen molar-refractivity contribution in [2.24, 2.45) is 0 Å². The number of nitrogens with one attached hydrogen (secondary N) is 1. The van der Waals surface area contributed by atoms with Crippen LogP contribution in [0.2, 0.25) is 0 Å². The van der Waals surface area contributed by atoms with E-state index in [2.05, 4.69) is 43.1 Å². The van der Waals surface area contributed by atoms with E-state index in [1.807, 2.05) is 6.07 Å². The van der Waals surface area contributed by atoms with Crippen LogP contribution in [0.3, 0.4) is 0 Å². The zero-order valence-electron chi connectivity index (χ0n) is 13.0. The van der Waals surface area contributed by atoms with Crippen molar-refractivity contribution in [3.63, 3.8) is 0 Å². The van der Waals surface area contributed by atoms with Crippen LogP contribution in [0.1, 0.15) is 58.1 Å². The van der Waals surface area contributed by atoms with Crippen LogP contribution in [0.4, 0.5) is 5.69 Å². The predicted octanol–water partition coefficient (Wildman–Crippen LogP) is 3.83. The molecule has 1 aromatic rings. The van der Waals surface area contributed by atoms with Gasteiger partial charge in [0.2, 0.25) is 0 Å². The van der Waals surface area contributed by atoms with Crippen molar-refractivity contribution in [2.75, 3.05) is 18.0 Å². The highest BCUT2D eigenvalue weighted by Crippen LogP contribution is 2.35. The summed E-state index contributed by atoms with van der Waals surface area (Å²) in [5.74, 6) is 0.417. The second-order valence-corrected chi connectivity index (χ2v) is 5.84. The van der Waals surface area contributed by atoms with Gasteiger partial charge in [-0.3, -0.25) is 0 Å². The zero-order chi connectivity index (χ0) is 14.5. The van der Waals surface area contributed by atoms with Crippen molar-refractivity contribution < 1.29 is 5.11 Å². The Morgan fingerprint density at radius 2 is 2.05 bits per heavy atom. The van der Waals surface area contributed by atoms with Gasteiger partial charge in [-0.15, -0.1) is 0 Å². The van der Waals surface area contributed by atoms with E-state index in [0.29, 0.717) is 11.8 Å². The maximum Gasteiger partial charge on any atom is 0.122 e. The molecule has 1 fully saturated rings. The molecule has 20 heavy (non-hydrogen) atoms. The predicted molar refractivity (Wildman–Crippen MR) is 85.5 cm³/mol. The lowest BCUT2D eigenvalue weighted by Gasteiger charge is -2.25. The molecular weight excluding hydrogens is 248 g/mol. The van der Waals surface area contributed by atoms with Crippen LogP contribution in [0.25, 0.3) is 0 Å². The molecule has 1 aromatic carbocycles. The summed E-state index contributed by atoms with van der Waals surface area (Å²) >= 11 is 0. The normalized spacial score (nSPS) is 16.1. The molecule has 0 aromatic heterocycles. The molecule has 0 amide bonds. The molecule has 0 radical (unpaired) electrons. The van der Waals surface area contributed by atoms with Crippen molar-refractivity contribution in [3.05, 3.63) is 23.8 Å². The maximum absolute atomic E-state index is 10.3. The van der Waals surface area contributed by atoms with Gasteiger partial charge in [0.05, 0.1) is 0 Å². The summed E-state index contributed by atoms with van der Waals surface area (Å²) in [4.78, 5) is 2.44. The van der Waals surface area contributed by atoms with E-state index < -0.39 is 0 Å². The monoisotopic (exact) mass is 276 g/mol. The average Bonchev–Trinajstić information content (AvgIpc) is 3.26. The molecular formula is C17H28N2O. The van der Waals surface area contributed by atoms with Gasteiger partial charge in [-0.05, 0) is 45.2 Å². The highest BCUT2D eigenvalue weighted by molar-refractivity contribution is 5.55. The maximum atomic E-state index is 10.3. The second-order valence-electron chi connectivity index (χ2n) is 5.84. The van der Waals surface area contributed by atoms with Gasteiger partial charge >= 0.3 is 0 Å². The summed E-state index contributed by atoms with van der Waals surface area (Å²) in [6.45, 7) is 8.52. The number of phenolic OH excluding ortho intramolecular Hbond substituents is 1. The molecule has 0 spiro atoms. The van der Waals surface area contributed by atoms with Crippen LogP contribution in [-0.4, -0.2) is 24.2 Å². The summed E-state index contributed by atoms with van der Waals surface area (Å²) in [7, 11) is 0. The number of hydrogen-bond acceptors (Lipinski definition) is 3. The first-order valence-electron chi connectivity index (χ1n) is 8.00. The van der Waals surface area contributed by atoms with Gasteiger partial charge in [0.25, 0.3) is 0 Å². The van der Waals surface area contributed by atoms with Gasteiger partial charge in [-0.1, -0.05) is 19.9 Å². The Bertz CT molecular complexity index is 429. The molecule has 2 rings (SSSR count). The average molecular weight is 276 g/mol. The Morgan fingerprint density at radius 3 is 2.60 bits per heavy atom. The van der Waals surface area contributed by atoms with Gasteiger partial charge in [-0.2, -0.15) is 0 Å². The minimum absolute atomic E-state index is 0.199. The molecule has 1 aliphatic rings. The highest BCUT2D eigenvalue weighted by Gasteiger charge is 2.29. The third kappa shape index (κ3) is 3.66. The lowest BCUT2D eigenvalue weighted by Crippen LogP contribution is -2.26. The molecule has 0 aliphatic heterocycles. The lowest BCUT2D eigenvalue weighted by atomic mass is 10.1. The van der Waals surface area contributed by atoms with Crippen LogP contribution in [0.15, 0.2) is 18.2 Å². The topological polar surface area (TPSA) is 35.5 Å². The molecule has 2 N–H and O–H groups in total. The first-order chi connectivity index (χ1) is 9.67. The molecule has 3 heteroatoms. The van der Waals surface area contributed by atoms with E-state index >= 15 is 0 Å². The molecule has 112 valence electrons. The molecule has 0 bridgehead atoms. The van der Waals surface area contributed by atoms with Crippen LogP contribution in [0, 0.1) is 0 Å². The van der Waals surface area contributed by atoms with E-state index in [0.717, 1.165) is 31.5 Å². The van der Waals surface area contributed by atoms with Crippen LogP contribution in [-0.2, 0) is 0 Å². The van der Waals surface area contributed by atoms with Gasteiger partial charge in [0.15, 0.2) is 0 Å². The van der Waals surface area contributed by atoms with Crippen LogP contribution < -0.4 is 10.2 Å². The van der Waals surface area contributed by atoms with Gasteiger partial charge < -0.3 is 15.3 Å². The number of anilines is 1. The van der Waals surface area contributed by atoms with Gasteiger partial charge in [-0.25, -0.2) is 0 Å². The van der Waals surface area contributed by atoms with Crippen molar-refractivity contribution in [2.45, 2.75) is 58.5 Å². The Labute approximate surface area is 123 Å². The Hall–Kier alpha value is -1.22. The number of phenols is 1. The first kappa shape index (κ1) is 15.2. The SMILES string of the molecule is CCCNC(C)c1ccc(N(CCC)C2CC2)cc1O. The van der Waals surface area contributed by atoms with Crippen molar-refractivity contribution in [1.82, 2.24) is 5.32 Å². The quantitative estimate of drug-likeness (QED) is 0.757. The zero-order valence-corrected chi connectivity index (χ0v) is 13.0. The molecule has 1 aliphatic carbocycles. The van der Waals surface area contributed by atoms with Crippen molar-refractivity contribution >= 4 is 5.69 Å². The third-order valence-corrected chi connectivity index (χ3v) is 3.96. The number of hydrogen-bond donors (Lipinski definition) is 2. The van der Waals surface area contributed by atoms with Crippen LogP contribution >= 0.6 is 0 Å². The molecule has 3 nitrogen and oxygen atoms in total. The summed E-state index contributed by atoms with van der Waals surface area (Å²) in [5, 5.41) is 13.7. The van der Waals surface area contributed by atoms with E-state index in [1.54, 1.807) is 0 Å². The highest BCUT2D eigenvalue weighted by atomic mass is 16.3. The van der Waals surface area contributed by atoms with Crippen LogP contribution in [0.5, 0.6) is 5.75 Å². The number of benzene rings is 1. The number of nitrogens with zero attached hydrogens (tertiary/aromatic N) is 1. The fourth-order valence-corrected chi connectivity index (χ4v) is 2.70. The minimum Gasteiger partial charge on any atom is -0.508 e. The lowest BCUT2D eigenvalue weighted by molar-refractivity contribution is 0.452.